The van der Waals surface area contributed by atoms with Gasteiger partial charge in [0.1, 0.15) is 0 Å². The van der Waals surface area contributed by atoms with Gasteiger partial charge in [-0.15, -0.1) is 0 Å². The Labute approximate surface area is 62.2 Å². The molecule has 0 aromatic rings. The summed E-state index contributed by atoms with van der Waals surface area (Å²) < 4.78 is 5.42. The van der Waals surface area contributed by atoms with Crippen molar-refractivity contribution in [3.8, 4) is 0 Å². The Morgan fingerprint density at radius 2 is 2.20 bits per heavy atom. The molecule has 2 heteroatoms. The molecule has 2 saturated heterocycles. The molecule has 2 rings (SSSR count). The van der Waals surface area contributed by atoms with E-state index in [4.69, 9.17) is 4.74 Å². The normalized spacial score (nSPS) is 48.0. The number of nitrogens with zero attached hydrogens (tertiary/aromatic N) is 1. The summed E-state index contributed by atoms with van der Waals surface area (Å²) in [5.74, 6) is 0.833. The zero-order valence-electron chi connectivity index (χ0n) is 6.71. The molecule has 3 unspecified atom stereocenters. The van der Waals surface area contributed by atoms with Gasteiger partial charge in [-0.05, 0) is 26.9 Å². The van der Waals surface area contributed by atoms with Crippen LogP contribution in [0.3, 0.4) is 0 Å². The van der Waals surface area contributed by atoms with E-state index < -0.39 is 0 Å². The molecule has 0 saturated carbocycles. The lowest BCUT2D eigenvalue weighted by molar-refractivity contribution is 0.311. The average Bonchev–Trinajstić information content (AvgIpc) is 2.42. The number of hydrogen-bond acceptors (Lipinski definition) is 2. The van der Waals surface area contributed by atoms with Gasteiger partial charge in [-0.1, -0.05) is 0 Å². The van der Waals surface area contributed by atoms with E-state index in [0.717, 1.165) is 5.92 Å². The molecule has 2 aliphatic rings. The Bertz CT molecular complexity index is 137. The molecule has 0 bridgehead atoms. The van der Waals surface area contributed by atoms with Crippen LogP contribution in [0.15, 0.2) is 0 Å². The van der Waals surface area contributed by atoms with Crippen molar-refractivity contribution in [1.29, 1.82) is 0 Å². The maximum absolute atomic E-state index is 5.42. The molecule has 3 atom stereocenters. The molecule has 0 spiro atoms. The molecule has 2 nitrogen and oxygen atoms in total. The first-order valence-electron chi connectivity index (χ1n) is 4.11. The Kier molecular flexibility index (Phi) is 1.46. The predicted octanol–water partition coefficient (Wildman–Crippen LogP) is 0.725. The van der Waals surface area contributed by atoms with Crippen LogP contribution in [0.25, 0.3) is 0 Å². The quantitative estimate of drug-likeness (QED) is 0.500. The van der Waals surface area contributed by atoms with Gasteiger partial charge in [0.15, 0.2) is 0 Å². The van der Waals surface area contributed by atoms with Crippen LogP contribution in [0, 0.1) is 5.92 Å². The summed E-state index contributed by atoms with van der Waals surface area (Å²) in [6.07, 6.45) is 2.49. The van der Waals surface area contributed by atoms with Crippen molar-refractivity contribution >= 4 is 0 Å². The van der Waals surface area contributed by atoms with Crippen molar-refractivity contribution in [3.63, 3.8) is 0 Å². The first-order chi connectivity index (χ1) is 4.77. The van der Waals surface area contributed by atoms with E-state index in [1.165, 1.54) is 19.5 Å². The number of likely N-dealkylation sites (tertiary alicyclic amines) is 1. The topological polar surface area (TPSA) is 15.8 Å². The van der Waals surface area contributed by atoms with Crippen molar-refractivity contribution < 1.29 is 4.74 Å². The molecule has 0 aromatic heterocycles. The van der Waals surface area contributed by atoms with Crippen LogP contribution in [0.5, 0.6) is 0 Å². The van der Waals surface area contributed by atoms with Gasteiger partial charge in [-0.25, -0.2) is 0 Å². The molecule has 2 fully saturated rings. The third kappa shape index (κ3) is 1.06. The largest absolute Gasteiger partial charge is 0.370 e. The van der Waals surface area contributed by atoms with E-state index in [2.05, 4.69) is 18.9 Å². The Balaban J connectivity index is 1.85. The highest BCUT2D eigenvalue weighted by molar-refractivity contribution is 4.91. The molecule has 0 amide bonds. The highest BCUT2D eigenvalue weighted by atomic mass is 16.6. The summed E-state index contributed by atoms with van der Waals surface area (Å²) >= 11 is 0. The molecular formula is C8H15NO. The van der Waals surface area contributed by atoms with E-state index >= 15 is 0 Å². The zero-order chi connectivity index (χ0) is 7.14. The second-order valence-corrected chi connectivity index (χ2v) is 3.62. The number of hydrogen-bond donors (Lipinski definition) is 0. The van der Waals surface area contributed by atoms with E-state index in [-0.39, 0.29) is 0 Å². The minimum Gasteiger partial charge on any atom is -0.370 e. The number of rotatable bonds is 1. The number of ether oxygens (including phenoxy) is 1. The van der Waals surface area contributed by atoms with E-state index in [9.17, 15) is 0 Å². The summed E-state index contributed by atoms with van der Waals surface area (Å²) in [4.78, 5) is 2.39. The minimum absolute atomic E-state index is 0.552. The molecule has 0 N–H and O–H groups in total. The highest BCUT2D eigenvalue weighted by Gasteiger charge is 2.43. The lowest BCUT2D eigenvalue weighted by Crippen LogP contribution is -2.17. The highest BCUT2D eigenvalue weighted by Crippen LogP contribution is 2.33. The van der Waals surface area contributed by atoms with Crippen LogP contribution in [0.4, 0.5) is 0 Å². The second kappa shape index (κ2) is 2.21. The summed E-state index contributed by atoms with van der Waals surface area (Å²) in [6.45, 7) is 4.68. The molecule has 2 aliphatic heterocycles. The van der Waals surface area contributed by atoms with Gasteiger partial charge in [-0.2, -0.15) is 0 Å². The fourth-order valence-corrected chi connectivity index (χ4v) is 1.93. The molecule has 0 aromatic carbocycles. The van der Waals surface area contributed by atoms with Gasteiger partial charge in [0.25, 0.3) is 0 Å². The summed E-state index contributed by atoms with van der Waals surface area (Å²) in [7, 11) is 2.19. The fraction of sp³-hybridized carbons (Fsp3) is 1.00. The Hall–Kier alpha value is -0.0800. The summed E-state index contributed by atoms with van der Waals surface area (Å²) in [5, 5.41) is 0. The average molecular weight is 141 g/mol. The van der Waals surface area contributed by atoms with Gasteiger partial charge < -0.3 is 9.64 Å². The number of epoxide rings is 1. The third-order valence-electron chi connectivity index (χ3n) is 2.65. The van der Waals surface area contributed by atoms with Crippen LogP contribution in [-0.4, -0.2) is 37.2 Å². The van der Waals surface area contributed by atoms with Crippen LogP contribution >= 0.6 is 0 Å². The van der Waals surface area contributed by atoms with Crippen LogP contribution in [-0.2, 0) is 4.74 Å². The molecule has 58 valence electrons. The molecule has 0 radical (unpaired) electrons. The monoisotopic (exact) mass is 141 g/mol. The van der Waals surface area contributed by atoms with Crippen LogP contribution in [0.1, 0.15) is 13.3 Å². The molecule has 2 heterocycles. The second-order valence-electron chi connectivity index (χ2n) is 3.62. The minimum atomic E-state index is 0.552. The zero-order valence-corrected chi connectivity index (χ0v) is 6.71. The fourth-order valence-electron chi connectivity index (χ4n) is 1.93. The van der Waals surface area contributed by atoms with Gasteiger partial charge in [-0.3, -0.25) is 0 Å². The van der Waals surface area contributed by atoms with E-state index in [0.29, 0.717) is 12.2 Å². The Morgan fingerprint density at radius 1 is 1.50 bits per heavy atom. The first kappa shape index (κ1) is 6.62. The maximum Gasteiger partial charge on any atom is 0.0879 e. The van der Waals surface area contributed by atoms with Crippen molar-refractivity contribution in [2.75, 3.05) is 20.1 Å². The van der Waals surface area contributed by atoms with Gasteiger partial charge in [0.05, 0.1) is 12.2 Å². The SMILES string of the molecule is CC1OC1C1CCN(C)C1. The van der Waals surface area contributed by atoms with E-state index in [1.807, 2.05) is 0 Å². The van der Waals surface area contributed by atoms with Crippen molar-refractivity contribution in [2.45, 2.75) is 25.6 Å². The molecule has 10 heavy (non-hydrogen) atoms. The standard InChI is InChI=1S/C8H15NO/c1-6-8(10-6)7-3-4-9(2)5-7/h6-8H,3-5H2,1-2H3. The molecular weight excluding hydrogens is 126 g/mol. The van der Waals surface area contributed by atoms with E-state index in [1.54, 1.807) is 0 Å². The van der Waals surface area contributed by atoms with Gasteiger partial charge in [0, 0.05) is 12.5 Å². The third-order valence-corrected chi connectivity index (χ3v) is 2.65. The van der Waals surface area contributed by atoms with Crippen LogP contribution in [0.2, 0.25) is 0 Å². The summed E-state index contributed by atoms with van der Waals surface area (Å²) in [5.41, 5.74) is 0. The van der Waals surface area contributed by atoms with Crippen molar-refractivity contribution in [2.24, 2.45) is 5.92 Å². The van der Waals surface area contributed by atoms with Crippen LogP contribution < -0.4 is 0 Å². The predicted molar refractivity (Wildman–Crippen MR) is 39.9 cm³/mol. The lowest BCUT2D eigenvalue weighted by atomic mass is 10.0. The maximum atomic E-state index is 5.42. The van der Waals surface area contributed by atoms with Gasteiger partial charge in [0.2, 0.25) is 0 Å². The Morgan fingerprint density at radius 3 is 2.60 bits per heavy atom. The first-order valence-corrected chi connectivity index (χ1v) is 4.11. The smallest absolute Gasteiger partial charge is 0.0879 e. The lowest BCUT2D eigenvalue weighted by Gasteiger charge is -2.06. The van der Waals surface area contributed by atoms with Crippen molar-refractivity contribution in [3.05, 3.63) is 0 Å². The summed E-state index contributed by atoms with van der Waals surface area (Å²) in [6, 6.07) is 0. The molecule has 0 aliphatic carbocycles. The van der Waals surface area contributed by atoms with Gasteiger partial charge >= 0.3 is 0 Å². The van der Waals surface area contributed by atoms with Crippen molar-refractivity contribution in [1.82, 2.24) is 4.90 Å².